The average Bonchev–Trinajstić information content (AvgIpc) is 3.16. The van der Waals surface area contributed by atoms with Crippen LogP contribution in [-0.4, -0.2) is 78.8 Å². The van der Waals surface area contributed by atoms with Crippen molar-refractivity contribution in [3.8, 4) is 0 Å². The highest BCUT2D eigenvalue weighted by atomic mass is 32.3. The van der Waals surface area contributed by atoms with E-state index in [-0.39, 0.29) is 22.6 Å². The molecule has 160 valence electrons. The van der Waals surface area contributed by atoms with E-state index >= 15 is 0 Å². The van der Waals surface area contributed by atoms with E-state index < -0.39 is 56.0 Å². The summed E-state index contributed by atoms with van der Waals surface area (Å²) < 4.78 is 56.0. The van der Waals surface area contributed by atoms with E-state index in [2.05, 4.69) is 15.0 Å². The number of fused-ring (bicyclic) bond motifs is 1. The number of nitrogens with zero attached hydrogens (tertiary/aromatic N) is 4. The van der Waals surface area contributed by atoms with E-state index in [1.807, 2.05) is 0 Å². The van der Waals surface area contributed by atoms with Crippen LogP contribution in [0.15, 0.2) is 15.0 Å². The topological polar surface area (TPSA) is 101 Å². The lowest BCUT2D eigenvalue weighted by molar-refractivity contribution is -0.112. The standard InChI is InChI=1S/C16H20F3N4O4S2/c1-15(2,3)27-14(25)23-6-5-8(7-23)29-11-9(20-13(29)28(4)26)10(24)21-12(22-11)16(17,18)19/h8,13H,5-7H2,1-4H3/q+1/t8-,13?,28?,29?/m0/s1. The molecule has 3 unspecified atom stereocenters. The molecule has 0 bridgehead atoms. The van der Waals surface area contributed by atoms with Gasteiger partial charge in [-0.15, -0.1) is 0 Å². The summed E-state index contributed by atoms with van der Waals surface area (Å²) in [5.41, 5.74) is -0.954. The summed E-state index contributed by atoms with van der Waals surface area (Å²) in [6.45, 7) is 5.72. The van der Waals surface area contributed by atoms with Crippen LogP contribution in [0.3, 0.4) is 0 Å². The number of ether oxygens (including phenoxy) is 1. The van der Waals surface area contributed by atoms with Crippen molar-refractivity contribution in [3.63, 3.8) is 0 Å². The maximum atomic E-state index is 13.1. The van der Waals surface area contributed by atoms with Crippen LogP contribution in [0, 0.1) is 0 Å². The highest BCUT2D eigenvalue weighted by Gasteiger charge is 2.58. The summed E-state index contributed by atoms with van der Waals surface area (Å²) in [5, 5.41) is -0.453. The molecule has 0 aromatic carbocycles. The summed E-state index contributed by atoms with van der Waals surface area (Å²) in [4.78, 5) is 36.6. The van der Waals surface area contributed by atoms with Crippen molar-refractivity contribution in [2.45, 2.75) is 48.9 Å². The molecule has 0 N–H and O–H groups in total. The van der Waals surface area contributed by atoms with Crippen LogP contribution in [0.1, 0.15) is 27.2 Å². The van der Waals surface area contributed by atoms with Crippen molar-refractivity contribution in [3.05, 3.63) is 0 Å². The fourth-order valence-electron chi connectivity index (χ4n) is 3.04. The van der Waals surface area contributed by atoms with Gasteiger partial charge in [0.15, 0.2) is 0 Å². The molecule has 3 rings (SSSR count). The van der Waals surface area contributed by atoms with Gasteiger partial charge in [0.2, 0.25) is 11.5 Å². The van der Waals surface area contributed by atoms with Crippen molar-refractivity contribution in [1.29, 1.82) is 0 Å². The summed E-state index contributed by atoms with van der Waals surface area (Å²) in [6, 6.07) is 0. The predicted molar refractivity (Wildman–Crippen MR) is 105 cm³/mol. The van der Waals surface area contributed by atoms with Crippen molar-refractivity contribution in [1.82, 2.24) is 4.90 Å². The van der Waals surface area contributed by atoms with Gasteiger partial charge in [0.1, 0.15) is 10.9 Å². The predicted octanol–water partition coefficient (Wildman–Crippen LogP) is 1.63. The number of rotatable bonds is 2. The van der Waals surface area contributed by atoms with Crippen LogP contribution in [-0.2, 0) is 31.2 Å². The van der Waals surface area contributed by atoms with E-state index in [0.29, 0.717) is 13.0 Å². The third kappa shape index (κ3) is 4.55. The number of alkyl halides is 3. The second kappa shape index (κ2) is 7.49. The van der Waals surface area contributed by atoms with Crippen LogP contribution >= 0.6 is 0 Å². The second-order valence-electron chi connectivity index (χ2n) is 7.65. The zero-order valence-corrected chi connectivity index (χ0v) is 17.8. The third-order valence-corrected chi connectivity index (χ3v) is 8.67. The molecule has 13 heteroatoms. The molecule has 8 nitrogen and oxygen atoms in total. The number of hydrogen-bond donors (Lipinski definition) is 0. The quantitative estimate of drug-likeness (QED) is 0.593. The van der Waals surface area contributed by atoms with Crippen molar-refractivity contribution in [2.75, 3.05) is 19.3 Å². The Bertz CT molecular complexity index is 863. The number of aliphatic imine (C=N–C) groups is 3. The molecule has 29 heavy (non-hydrogen) atoms. The van der Waals surface area contributed by atoms with Gasteiger partial charge in [0.25, 0.3) is 9.75 Å². The minimum atomic E-state index is -4.88. The number of carbonyl (C=O) groups is 2. The molecule has 0 spiro atoms. The fourth-order valence-corrected chi connectivity index (χ4v) is 7.52. The van der Waals surface area contributed by atoms with Gasteiger partial charge in [-0.3, -0.25) is 9.00 Å². The van der Waals surface area contributed by atoms with Crippen LogP contribution < -0.4 is 0 Å². The average molecular weight is 453 g/mol. The maximum absolute atomic E-state index is 13.1. The lowest BCUT2D eigenvalue weighted by atomic mass is 10.2. The van der Waals surface area contributed by atoms with Gasteiger partial charge in [-0.05, 0) is 20.8 Å². The van der Waals surface area contributed by atoms with Crippen LogP contribution in [0.4, 0.5) is 18.0 Å². The Balaban J connectivity index is 1.88. The maximum Gasteiger partial charge on any atom is 0.451 e. The van der Waals surface area contributed by atoms with Crippen LogP contribution in [0.25, 0.3) is 0 Å². The van der Waals surface area contributed by atoms with E-state index in [1.54, 1.807) is 20.8 Å². The van der Waals surface area contributed by atoms with Gasteiger partial charge in [0.05, 0.1) is 28.2 Å². The van der Waals surface area contributed by atoms with Crippen molar-refractivity contribution >= 4 is 50.3 Å². The molecule has 0 radical (unpaired) electrons. The number of likely N-dealkylation sites (tertiary alicyclic amines) is 1. The van der Waals surface area contributed by atoms with Crippen molar-refractivity contribution in [2.24, 2.45) is 15.0 Å². The molecule has 3 aliphatic heterocycles. The largest absolute Gasteiger partial charge is 0.451 e. The van der Waals surface area contributed by atoms with E-state index in [9.17, 15) is 27.0 Å². The van der Waals surface area contributed by atoms with Gasteiger partial charge in [-0.1, -0.05) is 0 Å². The highest BCUT2D eigenvalue weighted by molar-refractivity contribution is 8.21. The first kappa shape index (κ1) is 21.9. The lowest BCUT2D eigenvalue weighted by Crippen LogP contribution is -2.43. The Hall–Kier alpha value is -1.76. The fraction of sp³-hybridized carbons (Fsp3) is 0.688. The summed E-state index contributed by atoms with van der Waals surface area (Å²) in [5.74, 6) is -2.66. The van der Waals surface area contributed by atoms with Gasteiger partial charge in [0, 0.05) is 19.2 Å². The van der Waals surface area contributed by atoms with Gasteiger partial charge in [-0.2, -0.15) is 23.2 Å². The van der Waals surface area contributed by atoms with Crippen molar-refractivity contribution < 1.29 is 31.7 Å². The van der Waals surface area contributed by atoms with Gasteiger partial charge in [-0.25, -0.2) is 9.79 Å². The molecule has 0 aliphatic carbocycles. The Morgan fingerprint density at radius 2 is 1.93 bits per heavy atom. The minimum Gasteiger partial charge on any atom is -0.444 e. The monoisotopic (exact) mass is 453 g/mol. The first-order valence-electron chi connectivity index (χ1n) is 8.67. The number of carbonyl (C=O) groups excluding carboxylic acids is 2. The van der Waals surface area contributed by atoms with Crippen LogP contribution in [0.5, 0.6) is 0 Å². The van der Waals surface area contributed by atoms with E-state index in [0.717, 1.165) is 0 Å². The molecule has 1 fully saturated rings. The number of amidine groups is 1. The molecular weight excluding hydrogens is 433 g/mol. The SMILES string of the molecule is CS(=O)C1N=C2C(=O)N=C(C(F)(F)F)N=C2[S+]1[C@H]1CCN(C(=O)OC(C)(C)C)C1. The first-order chi connectivity index (χ1) is 13.3. The van der Waals surface area contributed by atoms with E-state index in [4.69, 9.17) is 4.74 Å². The third-order valence-electron chi connectivity index (χ3n) is 4.19. The first-order valence-corrected chi connectivity index (χ1v) is 11.6. The van der Waals surface area contributed by atoms with Gasteiger partial charge >= 0.3 is 18.2 Å². The van der Waals surface area contributed by atoms with E-state index in [1.165, 1.54) is 11.2 Å². The molecule has 0 saturated carbocycles. The number of hydrogen-bond acceptors (Lipinski definition) is 6. The normalized spacial score (nSPS) is 28.5. The second-order valence-corrected chi connectivity index (χ2v) is 11.6. The van der Waals surface area contributed by atoms with Gasteiger partial charge < -0.3 is 9.64 Å². The Morgan fingerprint density at radius 1 is 1.28 bits per heavy atom. The molecule has 3 aliphatic rings. The summed E-state index contributed by atoms with van der Waals surface area (Å²) in [7, 11) is -2.67. The Labute approximate surface area is 170 Å². The molecule has 0 aromatic heterocycles. The zero-order chi connectivity index (χ0) is 21.7. The smallest absolute Gasteiger partial charge is 0.444 e. The molecule has 2 amide bonds. The van der Waals surface area contributed by atoms with Crippen LogP contribution in [0.2, 0.25) is 0 Å². The zero-order valence-electron chi connectivity index (χ0n) is 16.1. The summed E-state index contributed by atoms with van der Waals surface area (Å²) in [6.07, 6.45) is -3.59. The Morgan fingerprint density at radius 3 is 2.48 bits per heavy atom. The molecule has 0 aromatic rings. The summed E-state index contributed by atoms with van der Waals surface area (Å²) >= 11 is 0. The Kier molecular flexibility index (Phi) is 5.67. The molecule has 4 atom stereocenters. The minimum absolute atomic E-state index is 0.117. The molecule has 3 heterocycles. The highest BCUT2D eigenvalue weighted by Crippen LogP contribution is 2.34. The lowest BCUT2D eigenvalue weighted by Gasteiger charge is -2.24. The number of halogens is 3. The molecule has 1 saturated heterocycles. The molecular formula is C16H20F3N4O4S2+. The number of amides is 2.